The van der Waals surface area contributed by atoms with Crippen LogP contribution in [0.2, 0.25) is 0 Å². The summed E-state index contributed by atoms with van der Waals surface area (Å²) < 4.78 is 5.35. The predicted molar refractivity (Wildman–Crippen MR) is 119 cm³/mol. The van der Waals surface area contributed by atoms with Crippen molar-refractivity contribution in [2.24, 2.45) is 10.9 Å². The number of hydrogen-bond donors (Lipinski definition) is 2. The van der Waals surface area contributed by atoms with Gasteiger partial charge >= 0.3 is 0 Å². The molecule has 6 nitrogen and oxygen atoms in total. The normalized spacial score (nSPS) is 21.0. The summed E-state index contributed by atoms with van der Waals surface area (Å²) in [6.45, 7) is 5.22. The first-order valence-electron chi connectivity index (χ1n) is 10.1. The van der Waals surface area contributed by atoms with Gasteiger partial charge in [-0.3, -0.25) is 9.79 Å². The van der Waals surface area contributed by atoms with E-state index in [1.54, 1.807) is 6.26 Å². The minimum atomic E-state index is 0. The van der Waals surface area contributed by atoms with Crippen molar-refractivity contribution in [3.05, 3.63) is 24.2 Å². The Labute approximate surface area is 179 Å². The van der Waals surface area contributed by atoms with E-state index in [1.807, 2.05) is 12.1 Å². The molecule has 7 heteroatoms. The van der Waals surface area contributed by atoms with Gasteiger partial charge in [-0.2, -0.15) is 0 Å². The first-order chi connectivity index (χ1) is 12.8. The molecule has 1 aliphatic heterocycles. The number of carbonyl (C=O) groups excluding carboxylic acids is 1. The van der Waals surface area contributed by atoms with E-state index in [4.69, 9.17) is 4.42 Å². The van der Waals surface area contributed by atoms with Crippen LogP contribution in [0.25, 0.3) is 0 Å². The molecule has 1 unspecified atom stereocenters. The Morgan fingerprint density at radius 2 is 2.11 bits per heavy atom. The second-order valence-electron chi connectivity index (χ2n) is 7.34. The topological polar surface area (TPSA) is 69.9 Å². The molecular weight excluding hydrogens is 455 g/mol. The molecule has 0 spiro atoms. The Balaban J connectivity index is 0.00000261. The van der Waals surface area contributed by atoms with E-state index in [-0.39, 0.29) is 35.9 Å². The zero-order valence-corrected chi connectivity index (χ0v) is 18.6. The van der Waals surface area contributed by atoms with Crippen LogP contribution < -0.4 is 10.6 Å². The summed E-state index contributed by atoms with van der Waals surface area (Å²) in [5, 5.41) is 6.80. The molecule has 3 rings (SSSR count). The van der Waals surface area contributed by atoms with Gasteiger partial charge in [-0.05, 0) is 38.3 Å². The minimum absolute atomic E-state index is 0. The van der Waals surface area contributed by atoms with Gasteiger partial charge in [0.05, 0.1) is 6.26 Å². The number of carbonyl (C=O) groups is 1. The van der Waals surface area contributed by atoms with Crippen molar-refractivity contribution in [2.75, 3.05) is 26.2 Å². The molecule has 1 amide bonds. The average molecular weight is 488 g/mol. The number of likely N-dealkylation sites (tertiary alicyclic amines) is 1. The third-order valence-corrected chi connectivity index (χ3v) is 5.35. The molecule has 1 atom stereocenters. The lowest BCUT2D eigenvalue weighted by molar-refractivity contribution is -0.135. The van der Waals surface area contributed by atoms with Gasteiger partial charge in [-0.1, -0.05) is 19.3 Å². The zero-order chi connectivity index (χ0) is 18.2. The zero-order valence-electron chi connectivity index (χ0n) is 16.3. The number of nitrogens with one attached hydrogen (secondary N) is 2. The number of furan rings is 1. The molecule has 2 heterocycles. The number of halogens is 1. The van der Waals surface area contributed by atoms with Crippen LogP contribution in [0.4, 0.5) is 0 Å². The number of amides is 1. The Kier molecular flexibility index (Phi) is 9.44. The van der Waals surface area contributed by atoms with Crippen molar-refractivity contribution in [1.82, 2.24) is 15.5 Å². The molecule has 152 valence electrons. The van der Waals surface area contributed by atoms with Gasteiger partial charge < -0.3 is 20.0 Å². The summed E-state index contributed by atoms with van der Waals surface area (Å²) in [4.78, 5) is 19.4. The van der Waals surface area contributed by atoms with Gasteiger partial charge in [-0.15, -0.1) is 24.0 Å². The van der Waals surface area contributed by atoms with Crippen molar-refractivity contribution in [1.29, 1.82) is 0 Å². The monoisotopic (exact) mass is 488 g/mol. The van der Waals surface area contributed by atoms with Crippen molar-refractivity contribution in [3.8, 4) is 0 Å². The third kappa shape index (κ3) is 6.69. The molecule has 1 aromatic rings. The minimum Gasteiger partial charge on any atom is -0.469 e. The Bertz CT molecular complexity index is 585. The van der Waals surface area contributed by atoms with Gasteiger partial charge in [0.25, 0.3) is 0 Å². The van der Waals surface area contributed by atoms with Crippen LogP contribution in [0.1, 0.15) is 51.2 Å². The molecule has 1 aliphatic carbocycles. The van der Waals surface area contributed by atoms with Gasteiger partial charge in [0.2, 0.25) is 5.91 Å². The Morgan fingerprint density at radius 1 is 1.30 bits per heavy atom. The summed E-state index contributed by atoms with van der Waals surface area (Å²) >= 11 is 0. The quantitative estimate of drug-likeness (QED) is 0.367. The lowest BCUT2D eigenvalue weighted by Crippen LogP contribution is -2.45. The number of hydrogen-bond acceptors (Lipinski definition) is 3. The molecule has 1 saturated heterocycles. The molecule has 0 radical (unpaired) electrons. The highest BCUT2D eigenvalue weighted by atomic mass is 127. The number of guanidine groups is 1. The van der Waals surface area contributed by atoms with Gasteiger partial charge in [0.1, 0.15) is 5.76 Å². The molecule has 0 aromatic carbocycles. The lowest BCUT2D eigenvalue weighted by Gasteiger charge is -2.26. The smallest absolute Gasteiger partial charge is 0.225 e. The van der Waals surface area contributed by atoms with Crippen LogP contribution in [0.15, 0.2) is 27.8 Å². The van der Waals surface area contributed by atoms with E-state index in [1.165, 1.54) is 19.3 Å². The summed E-state index contributed by atoms with van der Waals surface area (Å²) in [6.07, 6.45) is 9.32. The summed E-state index contributed by atoms with van der Waals surface area (Å²) in [5.41, 5.74) is 0. The predicted octanol–water partition coefficient (Wildman–Crippen LogP) is 3.18. The number of nitrogens with zero attached hydrogens (tertiary/aromatic N) is 2. The number of rotatable bonds is 6. The molecule has 2 fully saturated rings. The average Bonchev–Trinajstić information content (AvgIpc) is 3.34. The van der Waals surface area contributed by atoms with Gasteiger partial charge in [0.15, 0.2) is 5.96 Å². The second-order valence-corrected chi connectivity index (χ2v) is 7.34. The van der Waals surface area contributed by atoms with E-state index in [9.17, 15) is 4.79 Å². The molecule has 0 bridgehead atoms. The van der Waals surface area contributed by atoms with Crippen LogP contribution in [-0.2, 0) is 11.2 Å². The largest absolute Gasteiger partial charge is 0.469 e. The molecule has 1 aromatic heterocycles. The molecule has 2 N–H and O–H groups in total. The van der Waals surface area contributed by atoms with E-state index in [0.29, 0.717) is 12.5 Å². The fraction of sp³-hybridized carbons (Fsp3) is 0.700. The second kappa shape index (κ2) is 11.6. The van der Waals surface area contributed by atoms with Crippen molar-refractivity contribution in [3.63, 3.8) is 0 Å². The Hall–Kier alpha value is -1.25. The highest BCUT2D eigenvalue weighted by Crippen LogP contribution is 2.26. The fourth-order valence-corrected chi connectivity index (χ4v) is 3.93. The third-order valence-electron chi connectivity index (χ3n) is 5.35. The van der Waals surface area contributed by atoms with Crippen LogP contribution in [0, 0.1) is 5.92 Å². The standard InChI is InChI=1S/C20H32N4O2.HI/c1-2-21-20(22-12-10-18-9-6-14-26-18)23-17-11-13-24(15-17)19(25)16-7-4-3-5-8-16;/h6,9,14,16-17H,2-5,7-8,10-13,15H2,1H3,(H2,21,22,23);1H. The highest BCUT2D eigenvalue weighted by Gasteiger charge is 2.31. The van der Waals surface area contributed by atoms with E-state index >= 15 is 0 Å². The maximum atomic E-state index is 12.7. The highest BCUT2D eigenvalue weighted by molar-refractivity contribution is 14.0. The fourth-order valence-electron chi connectivity index (χ4n) is 3.93. The first-order valence-corrected chi connectivity index (χ1v) is 10.1. The maximum Gasteiger partial charge on any atom is 0.225 e. The van der Waals surface area contributed by atoms with Crippen molar-refractivity contribution < 1.29 is 9.21 Å². The maximum absolute atomic E-state index is 12.7. The summed E-state index contributed by atoms with van der Waals surface area (Å²) in [6, 6.07) is 4.16. The Morgan fingerprint density at radius 3 is 2.81 bits per heavy atom. The number of aliphatic imine (C=N–C) groups is 1. The molecule has 27 heavy (non-hydrogen) atoms. The first kappa shape index (κ1) is 22.0. The van der Waals surface area contributed by atoms with Crippen molar-refractivity contribution in [2.45, 2.75) is 57.9 Å². The lowest BCUT2D eigenvalue weighted by atomic mass is 9.88. The van der Waals surface area contributed by atoms with E-state index < -0.39 is 0 Å². The molecular formula is C20H33IN4O2. The molecule has 2 aliphatic rings. The molecule has 1 saturated carbocycles. The van der Waals surface area contributed by atoms with Crippen LogP contribution in [0.5, 0.6) is 0 Å². The van der Waals surface area contributed by atoms with Gasteiger partial charge in [0, 0.05) is 44.6 Å². The van der Waals surface area contributed by atoms with Crippen molar-refractivity contribution >= 4 is 35.8 Å². The van der Waals surface area contributed by atoms with E-state index in [2.05, 4.69) is 27.4 Å². The summed E-state index contributed by atoms with van der Waals surface area (Å²) in [7, 11) is 0. The van der Waals surface area contributed by atoms with Crippen LogP contribution >= 0.6 is 24.0 Å². The SMILES string of the molecule is CCNC(=NCCc1ccco1)NC1CCN(C(=O)C2CCCCC2)C1.I. The van der Waals surface area contributed by atoms with Gasteiger partial charge in [-0.25, -0.2) is 0 Å². The summed E-state index contributed by atoms with van der Waals surface area (Å²) in [5.74, 6) is 2.41. The van der Waals surface area contributed by atoms with Crippen LogP contribution in [-0.4, -0.2) is 49.0 Å². The van der Waals surface area contributed by atoms with E-state index in [0.717, 1.165) is 57.0 Å². The van der Waals surface area contributed by atoms with Crippen LogP contribution in [0.3, 0.4) is 0 Å².